The molecule has 0 unspecified atom stereocenters. The number of aliphatic hydroxyl groups excluding tert-OH is 1. The van der Waals surface area contributed by atoms with Crippen molar-refractivity contribution in [2.24, 2.45) is 11.8 Å². The van der Waals surface area contributed by atoms with E-state index in [-0.39, 0.29) is 58.4 Å². The van der Waals surface area contributed by atoms with Crippen LogP contribution in [0.25, 0.3) is 0 Å². The Morgan fingerprint density at radius 3 is 2.35 bits per heavy atom. The predicted octanol–water partition coefficient (Wildman–Crippen LogP) is -3.93. The number of rotatable bonds is 4. The van der Waals surface area contributed by atoms with Crippen LogP contribution in [-0.4, -0.2) is 81.4 Å². The van der Waals surface area contributed by atoms with E-state index in [0.717, 1.165) is 5.11 Å². The zero-order valence-corrected chi connectivity index (χ0v) is 19.3. The first-order valence-electron chi connectivity index (χ1n) is 8.24. The van der Waals surface area contributed by atoms with Crippen molar-refractivity contribution in [2.75, 3.05) is 27.2 Å². The van der Waals surface area contributed by atoms with E-state index >= 15 is 0 Å². The Bertz CT molecular complexity index is 658. The monoisotopic (exact) mass is 407 g/mol. The first-order valence-corrected chi connectivity index (χ1v) is 9.53. The zero-order chi connectivity index (χ0) is 18.6. The van der Waals surface area contributed by atoms with E-state index < -0.39 is 18.0 Å². The summed E-state index contributed by atoms with van der Waals surface area (Å²) >= 11 is 6.81. The predicted molar refractivity (Wildman–Crippen MR) is 96.2 cm³/mol. The summed E-state index contributed by atoms with van der Waals surface area (Å²) < 4.78 is 0. The van der Waals surface area contributed by atoms with E-state index in [1.807, 2.05) is 30.8 Å². The van der Waals surface area contributed by atoms with Crippen molar-refractivity contribution in [1.82, 2.24) is 14.7 Å². The van der Waals surface area contributed by atoms with E-state index in [1.165, 1.54) is 16.7 Å². The second kappa shape index (κ2) is 7.97. The van der Waals surface area contributed by atoms with Gasteiger partial charge in [0.05, 0.1) is 29.7 Å². The molecular formula is C16H22N3NaO4S2. The van der Waals surface area contributed by atoms with Crippen LogP contribution in [0.15, 0.2) is 10.6 Å². The molecule has 10 heteroatoms. The number of thioether (sulfide) groups is 1. The fourth-order valence-electron chi connectivity index (χ4n) is 4.04. The van der Waals surface area contributed by atoms with Crippen molar-refractivity contribution >= 4 is 41.0 Å². The van der Waals surface area contributed by atoms with Crippen molar-refractivity contribution in [1.29, 1.82) is 0 Å². The molecule has 3 aliphatic heterocycles. The standard InChI is InChI=1S/C16H23N3O4S2.Na/c1-7-11-10(8(2)20)14(21)19(11)12(15(22)23)13(7)25-9-5-17(3)16(24)18(4)6-9;/h7-11,20H,5-6H2,1-4H3,(H,22,23);/q;+1/p-1/t7-,8-,10-,11-;/m1./s1. The largest absolute Gasteiger partial charge is 1.00 e. The van der Waals surface area contributed by atoms with Crippen LogP contribution in [0.5, 0.6) is 0 Å². The molecule has 2 fully saturated rings. The van der Waals surface area contributed by atoms with E-state index in [2.05, 4.69) is 0 Å². The zero-order valence-electron chi connectivity index (χ0n) is 15.6. The average Bonchev–Trinajstić information content (AvgIpc) is 2.74. The minimum Gasteiger partial charge on any atom is -0.543 e. The molecule has 0 aromatic rings. The molecule has 0 aliphatic carbocycles. The topological polar surface area (TPSA) is 87.1 Å². The molecule has 1 amide bonds. The second-order valence-corrected chi connectivity index (χ2v) is 8.75. The van der Waals surface area contributed by atoms with E-state index in [0.29, 0.717) is 18.0 Å². The van der Waals surface area contributed by atoms with Gasteiger partial charge in [-0.15, -0.1) is 11.8 Å². The number of carboxylic acid groups (broad SMARTS) is 1. The number of nitrogens with zero attached hydrogens (tertiary/aromatic N) is 3. The van der Waals surface area contributed by atoms with Crippen LogP contribution in [0.1, 0.15) is 13.8 Å². The molecule has 0 spiro atoms. The van der Waals surface area contributed by atoms with E-state index in [9.17, 15) is 19.8 Å². The van der Waals surface area contributed by atoms with E-state index in [4.69, 9.17) is 12.2 Å². The summed E-state index contributed by atoms with van der Waals surface area (Å²) in [6.45, 7) is 4.91. The van der Waals surface area contributed by atoms with E-state index in [1.54, 1.807) is 6.92 Å². The number of hydrogen-bond donors (Lipinski definition) is 1. The van der Waals surface area contributed by atoms with Crippen molar-refractivity contribution in [3.05, 3.63) is 10.6 Å². The first kappa shape index (κ1) is 22.0. The number of amides is 1. The fourth-order valence-corrected chi connectivity index (χ4v) is 5.79. The quantitative estimate of drug-likeness (QED) is 0.287. The molecule has 2 saturated heterocycles. The van der Waals surface area contributed by atoms with Crippen LogP contribution in [0.3, 0.4) is 0 Å². The third-order valence-corrected chi connectivity index (χ3v) is 7.28. The van der Waals surface area contributed by atoms with Crippen LogP contribution >= 0.6 is 24.0 Å². The van der Waals surface area contributed by atoms with Crippen LogP contribution < -0.4 is 34.7 Å². The number of thiocarbonyl (C=S) groups is 1. The number of aliphatic hydroxyl groups is 1. The van der Waals surface area contributed by atoms with Gasteiger partial charge in [0.2, 0.25) is 5.91 Å². The molecule has 3 aliphatic rings. The minimum absolute atomic E-state index is 0. The third-order valence-electron chi connectivity index (χ3n) is 5.20. The summed E-state index contributed by atoms with van der Waals surface area (Å²) in [5.41, 5.74) is -0.0251. The molecule has 26 heavy (non-hydrogen) atoms. The maximum Gasteiger partial charge on any atom is 1.00 e. The van der Waals surface area contributed by atoms with Crippen molar-refractivity contribution in [3.8, 4) is 0 Å². The summed E-state index contributed by atoms with van der Waals surface area (Å²) in [6.07, 6.45) is -0.798. The molecule has 0 bridgehead atoms. The van der Waals surface area contributed by atoms with Crippen LogP contribution in [0.2, 0.25) is 0 Å². The number of hydrogen-bond acceptors (Lipinski definition) is 6. The van der Waals surface area contributed by atoms with Crippen LogP contribution in [0, 0.1) is 11.8 Å². The van der Waals surface area contributed by atoms with Gasteiger partial charge in [-0.25, -0.2) is 0 Å². The van der Waals surface area contributed by atoms with Crippen molar-refractivity contribution in [2.45, 2.75) is 31.2 Å². The molecular weight excluding hydrogens is 385 g/mol. The van der Waals surface area contributed by atoms with Crippen molar-refractivity contribution < 1.29 is 49.4 Å². The maximum atomic E-state index is 12.3. The van der Waals surface area contributed by atoms with Gasteiger partial charge in [0.1, 0.15) is 0 Å². The van der Waals surface area contributed by atoms with Gasteiger partial charge < -0.3 is 29.7 Å². The van der Waals surface area contributed by atoms with Crippen LogP contribution in [-0.2, 0) is 9.59 Å². The second-order valence-electron chi connectivity index (χ2n) is 7.04. The normalized spacial score (nSPS) is 30.2. The molecule has 1 N–H and O–H groups in total. The van der Waals surface area contributed by atoms with Gasteiger partial charge in [-0.2, -0.15) is 0 Å². The number of β-lactam (4-membered cyclic amide) rings is 1. The Labute approximate surface area is 185 Å². The Hall–Kier alpha value is -0.320. The molecule has 0 aromatic carbocycles. The third kappa shape index (κ3) is 3.42. The number of carbonyl (C=O) groups is 2. The summed E-state index contributed by atoms with van der Waals surface area (Å²) in [5.74, 6) is -2.35. The molecule has 4 atom stereocenters. The summed E-state index contributed by atoms with van der Waals surface area (Å²) in [5, 5.41) is 22.5. The molecule has 0 saturated carbocycles. The fraction of sp³-hybridized carbons (Fsp3) is 0.688. The number of aliphatic carboxylic acids is 1. The first-order chi connectivity index (χ1) is 11.6. The maximum absolute atomic E-state index is 12.3. The molecule has 3 rings (SSSR count). The van der Waals surface area contributed by atoms with Crippen LogP contribution in [0.4, 0.5) is 0 Å². The number of fused-ring (bicyclic) bond motifs is 1. The molecule has 7 nitrogen and oxygen atoms in total. The molecule has 3 heterocycles. The van der Waals surface area contributed by atoms with Gasteiger partial charge in [0.25, 0.3) is 0 Å². The Kier molecular flexibility index (Phi) is 6.73. The Morgan fingerprint density at radius 1 is 1.35 bits per heavy atom. The van der Waals surface area contributed by atoms with Crippen molar-refractivity contribution in [3.63, 3.8) is 0 Å². The Morgan fingerprint density at radius 2 is 1.88 bits per heavy atom. The number of carboxylic acids is 1. The molecule has 138 valence electrons. The van der Waals surface area contributed by atoms with Gasteiger partial charge in [0.15, 0.2) is 5.11 Å². The summed E-state index contributed by atoms with van der Waals surface area (Å²) in [7, 11) is 3.83. The summed E-state index contributed by atoms with van der Waals surface area (Å²) in [6, 6.07) is -0.303. The summed E-state index contributed by atoms with van der Waals surface area (Å²) in [4.78, 5) is 29.9. The Balaban J connectivity index is 0.00000243. The molecule has 0 radical (unpaired) electrons. The van der Waals surface area contributed by atoms with Gasteiger partial charge in [0, 0.05) is 43.3 Å². The number of carbonyl (C=O) groups excluding carboxylic acids is 2. The minimum atomic E-state index is -1.33. The van der Waals surface area contributed by atoms with Gasteiger partial charge in [-0.1, -0.05) is 6.92 Å². The molecule has 0 aromatic heterocycles. The van der Waals surface area contributed by atoms with Gasteiger partial charge in [-0.3, -0.25) is 4.79 Å². The van der Waals surface area contributed by atoms with Gasteiger partial charge in [-0.05, 0) is 19.1 Å². The smallest absolute Gasteiger partial charge is 0.543 e. The average molecular weight is 407 g/mol. The SMILES string of the molecule is C[C@@H](O)[C@H]1C(=O)N2C(C(=O)[O-])=C(SC3CN(C)C(=S)N(C)C3)[C@H](C)[C@H]12.[Na+]. The van der Waals surface area contributed by atoms with Gasteiger partial charge >= 0.3 is 29.6 Å².